The van der Waals surface area contributed by atoms with Gasteiger partial charge in [-0.3, -0.25) is 0 Å². The first-order chi connectivity index (χ1) is 24.8. The molecule has 4 heteroatoms. The minimum absolute atomic E-state index is 0.868. The molecule has 0 saturated heterocycles. The lowest BCUT2D eigenvalue weighted by Gasteiger charge is -2.27. The predicted molar refractivity (Wildman–Crippen MR) is 208 cm³/mol. The molecule has 0 bridgehead atoms. The maximum atomic E-state index is 6.32. The second-order valence-corrected chi connectivity index (χ2v) is 12.6. The van der Waals surface area contributed by atoms with E-state index in [1.54, 1.807) is 0 Å². The van der Waals surface area contributed by atoms with E-state index in [1.807, 2.05) is 24.3 Å². The maximum Gasteiger partial charge on any atom is 0.137 e. The van der Waals surface area contributed by atoms with Gasteiger partial charge in [0.1, 0.15) is 22.3 Å². The highest BCUT2D eigenvalue weighted by Gasteiger charge is 2.18. The number of furan rings is 2. The Morgan fingerprint density at radius 1 is 0.260 bits per heavy atom. The van der Waals surface area contributed by atoms with Crippen molar-refractivity contribution in [3.63, 3.8) is 0 Å². The van der Waals surface area contributed by atoms with Gasteiger partial charge in [0.25, 0.3) is 0 Å². The lowest BCUT2D eigenvalue weighted by atomic mass is 10.1. The molecule has 0 atom stereocenters. The summed E-state index contributed by atoms with van der Waals surface area (Å²) in [5, 5.41) is 6.78. The van der Waals surface area contributed by atoms with Crippen LogP contribution in [0.2, 0.25) is 0 Å². The van der Waals surface area contributed by atoms with Gasteiger partial charge in [-0.25, -0.2) is 0 Å². The van der Waals surface area contributed by atoms with Crippen LogP contribution in [-0.2, 0) is 0 Å². The van der Waals surface area contributed by atoms with Gasteiger partial charge in [0, 0.05) is 67.8 Å². The number of rotatable bonds is 6. The van der Waals surface area contributed by atoms with E-state index in [-0.39, 0.29) is 0 Å². The second-order valence-electron chi connectivity index (χ2n) is 12.6. The zero-order valence-corrected chi connectivity index (χ0v) is 27.0. The molecule has 2 heterocycles. The smallest absolute Gasteiger partial charge is 0.137 e. The van der Waals surface area contributed by atoms with E-state index in [2.05, 4.69) is 168 Å². The van der Waals surface area contributed by atoms with E-state index in [0.29, 0.717) is 0 Å². The number of anilines is 6. The Kier molecular flexibility index (Phi) is 6.46. The van der Waals surface area contributed by atoms with Crippen molar-refractivity contribution in [2.24, 2.45) is 0 Å². The summed E-state index contributed by atoms with van der Waals surface area (Å²) < 4.78 is 12.6. The minimum atomic E-state index is 0.868. The summed E-state index contributed by atoms with van der Waals surface area (Å²) in [6.45, 7) is 0. The Balaban J connectivity index is 1.12. The van der Waals surface area contributed by atoms with Gasteiger partial charge in [0.2, 0.25) is 0 Å². The zero-order valence-electron chi connectivity index (χ0n) is 27.0. The van der Waals surface area contributed by atoms with Gasteiger partial charge in [-0.05, 0) is 95.7 Å². The van der Waals surface area contributed by atoms with Gasteiger partial charge < -0.3 is 18.6 Å². The first-order valence-corrected chi connectivity index (χ1v) is 16.8. The summed E-state index contributed by atoms with van der Waals surface area (Å²) in [5.74, 6) is 0. The largest absolute Gasteiger partial charge is 0.456 e. The Hall–Kier alpha value is -6.78. The van der Waals surface area contributed by atoms with Crippen LogP contribution >= 0.6 is 0 Å². The molecule has 0 unspecified atom stereocenters. The molecule has 0 spiro atoms. The lowest BCUT2D eigenvalue weighted by Crippen LogP contribution is -2.10. The molecule has 8 aromatic carbocycles. The van der Waals surface area contributed by atoms with Crippen molar-refractivity contribution < 1.29 is 8.83 Å². The average molecular weight is 643 g/mol. The monoisotopic (exact) mass is 642 g/mol. The van der Waals surface area contributed by atoms with Crippen LogP contribution in [0.1, 0.15) is 0 Å². The van der Waals surface area contributed by atoms with Crippen LogP contribution in [0.25, 0.3) is 54.6 Å². The van der Waals surface area contributed by atoms with Crippen LogP contribution in [0.3, 0.4) is 0 Å². The van der Waals surface area contributed by atoms with Gasteiger partial charge in [-0.1, -0.05) is 84.9 Å². The summed E-state index contributed by atoms with van der Waals surface area (Å²) in [6.07, 6.45) is 0. The molecule has 0 aliphatic carbocycles. The molecule has 2 aromatic heterocycles. The van der Waals surface area contributed by atoms with Crippen molar-refractivity contribution in [3.05, 3.63) is 182 Å². The topological polar surface area (TPSA) is 32.8 Å². The lowest BCUT2D eigenvalue weighted by molar-refractivity contribution is 0.668. The standard InChI is InChI=1S/C46H30N2O2/c1-3-11-33(12-4-1)47(37-23-25-41-39-15-7-9-17-43(39)49-45(41)29-37)35-21-19-31-20-22-36(28-32(31)27-35)48(34-13-5-2-6-14-34)38-24-26-42-40-16-8-10-18-44(40)50-46(42)30-38/h1-30H. The predicted octanol–water partition coefficient (Wildman–Crippen LogP) is 13.6. The van der Waals surface area contributed by atoms with Crippen molar-refractivity contribution >= 4 is 88.8 Å². The van der Waals surface area contributed by atoms with Crippen LogP contribution in [0, 0.1) is 0 Å². The first kappa shape index (κ1) is 28.3. The number of hydrogen-bond acceptors (Lipinski definition) is 4. The summed E-state index contributed by atoms with van der Waals surface area (Å²) >= 11 is 0. The minimum Gasteiger partial charge on any atom is -0.456 e. The molecule has 0 fully saturated rings. The molecular formula is C46H30N2O2. The van der Waals surface area contributed by atoms with Gasteiger partial charge in [-0.15, -0.1) is 0 Å². The van der Waals surface area contributed by atoms with Gasteiger partial charge >= 0.3 is 0 Å². The number of benzene rings is 8. The van der Waals surface area contributed by atoms with Crippen molar-refractivity contribution in [1.82, 2.24) is 0 Å². The molecule has 0 aliphatic rings. The van der Waals surface area contributed by atoms with Gasteiger partial charge in [0.15, 0.2) is 0 Å². The molecule has 50 heavy (non-hydrogen) atoms. The Morgan fingerprint density at radius 2 is 0.640 bits per heavy atom. The number of nitrogens with zero attached hydrogens (tertiary/aromatic N) is 2. The van der Waals surface area contributed by atoms with Crippen LogP contribution in [-0.4, -0.2) is 0 Å². The Labute approximate surface area is 288 Å². The number of para-hydroxylation sites is 4. The molecule has 0 N–H and O–H groups in total. The molecule has 10 aromatic rings. The Bertz CT molecular complexity index is 2640. The van der Waals surface area contributed by atoms with Crippen LogP contribution in [0.4, 0.5) is 34.1 Å². The van der Waals surface area contributed by atoms with E-state index in [9.17, 15) is 0 Å². The fourth-order valence-corrected chi connectivity index (χ4v) is 7.26. The van der Waals surface area contributed by atoms with Crippen molar-refractivity contribution in [2.75, 3.05) is 9.80 Å². The quantitative estimate of drug-likeness (QED) is 0.181. The summed E-state index contributed by atoms with van der Waals surface area (Å²) in [4.78, 5) is 4.59. The number of fused-ring (bicyclic) bond motifs is 7. The summed E-state index contributed by atoms with van der Waals surface area (Å²) in [5.41, 5.74) is 9.86. The normalized spacial score (nSPS) is 11.6. The van der Waals surface area contributed by atoms with Crippen molar-refractivity contribution in [3.8, 4) is 0 Å². The summed E-state index contributed by atoms with van der Waals surface area (Å²) in [6, 6.07) is 63.8. The molecule has 236 valence electrons. The fraction of sp³-hybridized carbons (Fsp3) is 0. The van der Waals surface area contributed by atoms with E-state index in [0.717, 1.165) is 83.4 Å². The third kappa shape index (κ3) is 4.69. The fourth-order valence-electron chi connectivity index (χ4n) is 7.26. The van der Waals surface area contributed by atoms with Crippen molar-refractivity contribution in [2.45, 2.75) is 0 Å². The van der Waals surface area contributed by atoms with E-state index < -0.39 is 0 Å². The zero-order chi connectivity index (χ0) is 33.0. The molecule has 0 amide bonds. The van der Waals surface area contributed by atoms with Crippen LogP contribution in [0.15, 0.2) is 191 Å². The Morgan fingerprint density at radius 3 is 1.12 bits per heavy atom. The van der Waals surface area contributed by atoms with Crippen LogP contribution in [0.5, 0.6) is 0 Å². The third-order valence-electron chi connectivity index (χ3n) is 9.59. The SMILES string of the molecule is c1ccc(N(c2ccc3ccc(N(c4ccccc4)c4ccc5c(c4)oc4ccccc45)cc3c2)c2ccc3c(c2)oc2ccccc23)cc1. The third-order valence-corrected chi connectivity index (χ3v) is 9.59. The molecule has 0 radical (unpaired) electrons. The van der Waals surface area contributed by atoms with Gasteiger partial charge in [-0.2, -0.15) is 0 Å². The molecule has 0 aliphatic heterocycles. The highest BCUT2D eigenvalue weighted by Crippen LogP contribution is 2.42. The first-order valence-electron chi connectivity index (χ1n) is 16.8. The molecular weight excluding hydrogens is 613 g/mol. The van der Waals surface area contributed by atoms with E-state index in [1.165, 1.54) is 5.39 Å². The highest BCUT2D eigenvalue weighted by atomic mass is 16.3. The molecule has 0 saturated carbocycles. The van der Waals surface area contributed by atoms with Gasteiger partial charge in [0.05, 0.1) is 0 Å². The highest BCUT2D eigenvalue weighted by molar-refractivity contribution is 6.07. The van der Waals surface area contributed by atoms with Crippen LogP contribution < -0.4 is 9.80 Å². The summed E-state index contributed by atoms with van der Waals surface area (Å²) in [7, 11) is 0. The van der Waals surface area contributed by atoms with E-state index in [4.69, 9.17) is 8.83 Å². The second kappa shape index (κ2) is 11.4. The molecule has 4 nitrogen and oxygen atoms in total. The average Bonchev–Trinajstić information content (AvgIpc) is 3.73. The molecule has 10 rings (SSSR count). The maximum absolute atomic E-state index is 6.32. The van der Waals surface area contributed by atoms with Crippen molar-refractivity contribution in [1.29, 1.82) is 0 Å². The van der Waals surface area contributed by atoms with E-state index >= 15 is 0 Å². The number of hydrogen-bond donors (Lipinski definition) is 0.